The largest absolute Gasteiger partial charge is 0.309 e. The van der Waals surface area contributed by atoms with Gasteiger partial charge in [-0.1, -0.05) is 13.8 Å². The van der Waals surface area contributed by atoms with E-state index in [0.29, 0.717) is 18.3 Å². The van der Waals surface area contributed by atoms with Crippen LogP contribution in [0, 0.1) is 10.1 Å². The van der Waals surface area contributed by atoms with Crippen LogP contribution >= 0.6 is 15.9 Å². The van der Waals surface area contributed by atoms with Crippen LogP contribution in [0.15, 0.2) is 34.9 Å². The van der Waals surface area contributed by atoms with Crippen molar-refractivity contribution >= 4 is 21.6 Å². The number of nitrogens with one attached hydrogen (secondary N) is 1. The van der Waals surface area contributed by atoms with Crippen LogP contribution < -0.4 is 5.32 Å². The van der Waals surface area contributed by atoms with Gasteiger partial charge < -0.3 is 5.32 Å². The highest BCUT2D eigenvalue weighted by Gasteiger charge is 2.12. The van der Waals surface area contributed by atoms with Crippen LogP contribution in [0.5, 0.6) is 0 Å². The normalized spacial score (nSPS) is 11.0. The summed E-state index contributed by atoms with van der Waals surface area (Å²) in [5.41, 5.74) is 1.58. The van der Waals surface area contributed by atoms with E-state index in [1.807, 2.05) is 6.07 Å². The van der Waals surface area contributed by atoms with E-state index < -0.39 is 4.92 Å². The average molecular weight is 339 g/mol. The van der Waals surface area contributed by atoms with E-state index in [-0.39, 0.29) is 5.69 Å². The number of non-ortho nitro benzene ring substituents is 1. The molecule has 7 heteroatoms. The van der Waals surface area contributed by atoms with Gasteiger partial charge in [-0.2, -0.15) is 5.10 Å². The number of hydrogen-bond donors (Lipinski definition) is 1. The van der Waals surface area contributed by atoms with Crippen LogP contribution in [0.3, 0.4) is 0 Å². The van der Waals surface area contributed by atoms with Crippen molar-refractivity contribution in [2.45, 2.75) is 26.4 Å². The molecule has 2 aromatic rings. The van der Waals surface area contributed by atoms with Gasteiger partial charge in [0, 0.05) is 35.4 Å². The van der Waals surface area contributed by atoms with E-state index in [1.54, 1.807) is 16.9 Å². The third kappa shape index (κ3) is 3.43. The predicted octanol–water partition coefficient (Wildman–Crippen LogP) is 3.04. The minimum Gasteiger partial charge on any atom is -0.309 e. The average Bonchev–Trinajstić information content (AvgIpc) is 2.85. The lowest BCUT2D eigenvalue weighted by molar-refractivity contribution is -0.384. The molecule has 0 atom stereocenters. The monoisotopic (exact) mass is 338 g/mol. The molecule has 1 heterocycles. The molecule has 0 aliphatic heterocycles. The van der Waals surface area contributed by atoms with Gasteiger partial charge in [0.2, 0.25) is 0 Å². The fraction of sp³-hybridized carbons (Fsp3) is 0.308. The van der Waals surface area contributed by atoms with Crippen LogP contribution in [0.4, 0.5) is 5.69 Å². The SMILES string of the molecule is CC(C)NCc1ccn(-c2cc([N+](=O)[O-])ccc2Br)n1. The van der Waals surface area contributed by atoms with Gasteiger partial charge >= 0.3 is 0 Å². The molecule has 0 radical (unpaired) electrons. The lowest BCUT2D eigenvalue weighted by Crippen LogP contribution is -2.22. The highest BCUT2D eigenvalue weighted by molar-refractivity contribution is 9.10. The Morgan fingerprint density at radius 1 is 1.45 bits per heavy atom. The zero-order valence-corrected chi connectivity index (χ0v) is 12.8. The van der Waals surface area contributed by atoms with Crippen molar-refractivity contribution in [2.75, 3.05) is 0 Å². The molecule has 1 aromatic carbocycles. The number of rotatable bonds is 5. The van der Waals surface area contributed by atoms with Gasteiger partial charge in [0.1, 0.15) is 0 Å². The lowest BCUT2D eigenvalue weighted by Gasteiger charge is -2.06. The van der Waals surface area contributed by atoms with Crippen LogP contribution in [-0.2, 0) is 6.54 Å². The lowest BCUT2D eigenvalue weighted by atomic mass is 10.3. The summed E-state index contributed by atoms with van der Waals surface area (Å²) in [5, 5.41) is 18.5. The van der Waals surface area contributed by atoms with E-state index >= 15 is 0 Å². The number of hydrogen-bond acceptors (Lipinski definition) is 4. The van der Waals surface area contributed by atoms with Crippen LogP contribution in [-0.4, -0.2) is 20.7 Å². The Morgan fingerprint density at radius 2 is 2.20 bits per heavy atom. The molecule has 20 heavy (non-hydrogen) atoms. The maximum atomic E-state index is 10.8. The summed E-state index contributed by atoms with van der Waals surface area (Å²) in [5.74, 6) is 0. The summed E-state index contributed by atoms with van der Waals surface area (Å²) in [6.45, 7) is 4.79. The van der Waals surface area contributed by atoms with Gasteiger partial charge in [-0.25, -0.2) is 4.68 Å². The summed E-state index contributed by atoms with van der Waals surface area (Å²) < 4.78 is 2.39. The molecule has 0 saturated carbocycles. The Hall–Kier alpha value is -1.73. The third-order valence-corrected chi connectivity index (χ3v) is 3.39. The van der Waals surface area contributed by atoms with Crippen LogP contribution in [0.2, 0.25) is 0 Å². The quantitative estimate of drug-likeness (QED) is 0.671. The molecule has 0 saturated heterocycles. The van der Waals surface area contributed by atoms with Crippen molar-refractivity contribution in [3.8, 4) is 5.69 Å². The van der Waals surface area contributed by atoms with Gasteiger partial charge in [0.25, 0.3) is 5.69 Å². The second-order valence-electron chi connectivity index (χ2n) is 4.68. The first-order chi connectivity index (χ1) is 9.47. The van der Waals surface area contributed by atoms with E-state index in [4.69, 9.17) is 0 Å². The topological polar surface area (TPSA) is 73.0 Å². The van der Waals surface area contributed by atoms with Crippen molar-refractivity contribution < 1.29 is 4.92 Å². The Balaban J connectivity index is 2.27. The fourth-order valence-electron chi connectivity index (χ4n) is 1.69. The number of nitro benzene ring substituents is 1. The molecule has 106 valence electrons. The zero-order chi connectivity index (χ0) is 14.7. The first-order valence-electron chi connectivity index (χ1n) is 6.19. The minimum absolute atomic E-state index is 0.0422. The summed E-state index contributed by atoms with van der Waals surface area (Å²) >= 11 is 3.39. The molecule has 1 N–H and O–H groups in total. The summed E-state index contributed by atoms with van der Waals surface area (Å²) in [7, 11) is 0. The predicted molar refractivity (Wildman–Crippen MR) is 79.9 cm³/mol. The van der Waals surface area contributed by atoms with E-state index in [9.17, 15) is 10.1 Å². The molecule has 6 nitrogen and oxygen atoms in total. The highest BCUT2D eigenvalue weighted by Crippen LogP contribution is 2.25. The van der Waals surface area contributed by atoms with E-state index in [0.717, 1.165) is 10.2 Å². The minimum atomic E-state index is -0.416. The molecule has 0 aliphatic rings. The van der Waals surface area contributed by atoms with Crippen molar-refractivity contribution in [1.29, 1.82) is 0 Å². The van der Waals surface area contributed by atoms with Crippen LogP contribution in [0.25, 0.3) is 5.69 Å². The second kappa shape index (κ2) is 6.15. The Labute approximate surface area is 125 Å². The van der Waals surface area contributed by atoms with Crippen molar-refractivity contribution in [1.82, 2.24) is 15.1 Å². The first-order valence-corrected chi connectivity index (χ1v) is 6.99. The molecule has 0 unspecified atom stereocenters. The summed E-state index contributed by atoms with van der Waals surface area (Å²) in [6, 6.07) is 6.88. The zero-order valence-electron chi connectivity index (χ0n) is 11.2. The van der Waals surface area contributed by atoms with Crippen molar-refractivity contribution in [3.63, 3.8) is 0 Å². The van der Waals surface area contributed by atoms with Gasteiger partial charge in [-0.3, -0.25) is 10.1 Å². The van der Waals surface area contributed by atoms with Gasteiger partial charge in [0.05, 0.1) is 16.3 Å². The van der Waals surface area contributed by atoms with Gasteiger partial charge in [0.15, 0.2) is 0 Å². The Morgan fingerprint density at radius 3 is 2.85 bits per heavy atom. The molecule has 0 amide bonds. The maximum Gasteiger partial charge on any atom is 0.271 e. The Bertz CT molecular complexity index is 625. The van der Waals surface area contributed by atoms with Crippen molar-refractivity contribution in [2.24, 2.45) is 0 Å². The Kier molecular flexibility index (Phi) is 4.51. The third-order valence-electron chi connectivity index (χ3n) is 2.72. The molecule has 0 spiro atoms. The molecule has 0 bridgehead atoms. The fourth-order valence-corrected chi connectivity index (χ4v) is 2.12. The van der Waals surface area contributed by atoms with Gasteiger partial charge in [-0.15, -0.1) is 0 Å². The van der Waals surface area contributed by atoms with E-state index in [2.05, 4.69) is 40.2 Å². The molecular formula is C13H15BrN4O2. The summed E-state index contributed by atoms with van der Waals surface area (Å²) in [6.07, 6.45) is 1.79. The van der Waals surface area contributed by atoms with Gasteiger partial charge in [-0.05, 0) is 28.1 Å². The number of benzene rings is 1. The number of nitrogens with zero attached hydrogens (tertiary/aromatic N) is 3. The second-order valence-corrected chi connectivity index (χ2v) is 5.53. The summed E-state index contributed by atoms with van der Waals surface area (Å²) in [4.78, 5) is 10.4. The number of nitro groups is 1. The molecule has 0 aliphatic carbocycles. The number of aromatic nitrogens is 2. The van der Waals surface area contributed by atoms with E-state index in [1.165, 1.54) is 12.1 Å². The maximum absolute atomic E-state index is 10.8. The highest BCUT2D eigenvalue weighted by atomic mass is 79.9. The van der Waals surface area contributed by atoms with Crippen molar-refractivity contribution in [3.05, 3.63) is 50.7 Å². The molecule has 1 aromatic heterocycles. The first kappa shape index (κ1) is 14.7. The smallest absolute Gasteiger partial charge is 0.271 e. The molecular weight excluding hydrogens is 324 g/mol. The molecule has 0 fully saturated rings. The number of halogens is 1. The molecule has 2 rings (SSSR count). The standard InChI is InChI=1S/C13H15BrN4O2/c1-9(2)15-8-10-5-6-17(16-10)13-7-11(18(19)20)3-4-12(13)14/h3-7,9,15H,8H2,1-2H3. The van der Waals surface area contributed by atoms with Crippen LogP contribution in [0.1, 0.15) is 19.5 Å².